The first kappa shape index (κ1) is 21.5. The van der Waals surface area contributed by atoms with Crippen LogP contribution in [0.5, 0.6) is 5.75 Å². The smallest absolute Gasteiger partial charge is 0.193 e. The Morgan fingerprint density at radius 2 is 1.85 bits per heavy atom. The van der Waals surface area contributed by atoms with Gasteiger partial charge < -0.3 is 29.2 Å². The average molecular weight is 380 g/mol. The Labute approximate surface area is 162 Å². The number of ether oxygens (including phenoxy) is 4. The molecule has 2 rings (SSSR count). The Balaban J connectivity index is 1.72. The number of methoxy groups -OCH3 is 2. The molecule has 1 unspecified atom stereocenters. The molecule has 1 saturated heterocycles. The topological polar surface area (TPSA) is 64.6 Å². The molecule has 1 aliphatic heterocycles. The number of hydrogen-bond acceptors (Lipinski definition) is 5. The van der Waals surface area contributed by atoms with Crippen LogP contribution in [0.3, 0.4) is 0 Å². The summed E-state index contributed by atoms with van der Waals surface area (Å²) in [5.74, 6) is 2.34. The van der Waals surface area contributed by atoms with Crippen LogP contribution < -0.4 is 10.1 Å². The second-order valence-corrected chi connectivity index (χ2v) is 6.55. The molecule has 1 N–H and O–H groups in total. The molecule has 152 valence electrons. The van der Waals surface area contributed by atoms with E-state index < -0.39 is 0 Å². The minimum atomic E-state index is 0.545. The van der Waals surface area contributed by atoms with E-state index >= 15 is 0 Å². The van der Waals surface area contributed by atoms with E-state index in [2.05, 4.69) is 27.3 Å². The molecule has 7 heteroatoms. The summed E-state index contributed by atoms with van der Waals surface area (Å²) in [5.41, 5.74) is 1.19. The molecule has 0 bridgehead atoms. The SMILES string of the molecule is CN=C(NCc1ccc(OCCOC)cc1)N1CCC(COCCOC)C1. The largest absolute Gasteiger partial charge is 0.491 e. The van der Waals surface area contributed by atoms with Crippen LogP contribution in [0.15, 0.2) is 29.3 Å². The highest BCUT2D eigenvalue weighted by atomic mass is 16.5. The van der Waals surface area contributed by atoms with Crippen molar-refractivity contribution < 1.29 is 18.9 Å². The molecule has 0 radical (unpaired) electrons. The highest BCUT2D eigenvalue weighted by molar-refractivity contribution is 5.80. The second kappa shape index (κ2) is 12.5. The number of likely N-dealkylation sites (tertiary alicyclic amines) is 1. The summed E-state index contributed by atoms with van der Waals surface area (Å²) in [6.45, 7) is 5.95. The van der Waals surface area contributed by atoms with Crippen LogP contribution in [0.25, 0.3) is 0 Å². The third-order valence-corrected chi connectivity index (χ3v) is 4.51. The van der Waals surface area contributed by atoms with E-state index in [4.69, 9.17) is 18.9 Å². The number of nitrogens with zero attached hydrogens (tertiary/aromatic N) is 2. The van der Waals surface area contributed by atoms with Gasteiger partial charge in [-0.15, -0.1) is 0 Å². The van der Waals surface area contributed by atoms with Gasteiger partial charge in [-0.25, -0.2) is 0 Å². The molecule has 27 heavy (non-hydrogen) atoms. The maximum absolute atomic E-state index is 5.66. The quantitative estimate of drug-likeness (QED) is 0.359. The van der Waals surface area contributed by atoms with Crippen LogP contribution in [-0.2, 0) is 20.8 Å². The van der Waals surface area contributed by atoms with Gasteiger partial charge in [-0.2, -0.15) is 0 Å². The van der Waals surface area contributed by atoms with Crippen molar-refractivity contribution in [3.05, 3.63) is 29.8 Å². The summed E-state index contributed by atoms with van der Waals surface area (Å²) < 4.78 is 21.3. The van der Waals surface area contributed by atoms with Gasteiger partial charge >= 0.3 is 0 Å². The summed E-state index contributed by atoms with van der Waals surface area (Å²) in [6.07, 6.45) is 1.13. The van der Waals surface area contributed by atoms with E-state index in [1.54, 1.807) is 14.2 Å². The minimum Gasteiger partial charge on any atom is -0.491 e. The Kier molecular flexibility index (Phi) is 9.97. The van der Waals surface area contributed by atoms with Gasteiger partial charge in [0.15, 0.2) is 5.96 Å². The molecule has 0 saturated carbocycles. The normalized spacial score (nSPS) is 17.4. The molecular formula is C20H33N3O4. The van der Waals surface area contributed by atoms with E-state index in [1.807, 2.05) is 19.2 Å². The van der Waals surface area contributed by atoms with E-state index in [0.29, 0.717) is 32.3 Å². The molecule has 1 atom stereocenters. The van der Waals surface area contributed by atoms with Crippen molar-refractivity contribution in [2.45, 2.75) is 13.0 Å². The van der Waals surface area contributed by atoms with Crippen LogP contribution in [0, 0.1) is 5.92 Å². The highest BCUT2D eigenvalue weighted by Crippen LogP contribution is 2.17. The van der Waals surface area contributed by atoms with Gasteiger partial charge in [0.1, 0.15) is 12.4 Å². The van der Waals surface area contributed by atoms with Crippen molar-refractivity contribution in [3.63, 3.8) is 0 Å². The maximum atomic E-state index is 5.66. The lowest BCUT2D eigenvalue weighted by molar-refractivity contribution is 0.0536. The molecule has 1 heterocycles. The number of guanidine groups is 1. The molecule has 1 aromatic carbocycles. The predicted molar refractivity (Wildman–Crippen MR) is 106 cm³/mol. The number of benzene rings is 1. The lowest BCUT2D eigenvalue weighted by Gasteiger charge is -2.22. The van der Waals surface area contributed by atoms with Crippen molar-refractivity contribution in [1.29, 1.82) is 0 Å². The standard InChI is InChI=1S/C20H33N3O4/c1-21-20(23-9-8-18(15-23)16-26-12-10-24-2)22-14-17-4-6-19(7-5-17)27-13-11-25-3/h4-7,18H,8-16H2,1-3H3,(H,21,22). The summed E-state index contributed by atoms with van der Waals surface area (Å²) in [4.78, 5) is 6.73. The number of aliphatic imine (C=N–C) groups is 1. The van der Waals surface area contributed by atoms with Crippen LogP contribution in [-0.4, -0.2) is 78.3 Å². The fourth-order valence-corrected chi connectivity index (χ4v) is 3.01. The molecule has 1 fully saturated rings. The zero-order chi connectivity index (χ0) is 19.3. The van der Waals surface area contributed by atoms with E-state index in [-0.39, 0.29) is 0 Å². The average Bonchev–Trinajstić information content (AvgIpc) is 3.16. The van der Waals surface area contributed by atoms with E-state index in [1.165, 1.54) is 5.56 Å². The number of nitrogens with one attached hydrogen (secondary N) is 1. The Morgan fingerprint density at radius 3 is 2.56 bits per heavy atom. The Bertz CT molecular complexity index is 551. The first-order valence-corrected chi connectivity index (χ1v) is 9.49. The lowest BCUT2D eigenvalue weighted by Crippen LogP contribution is -2.39. The molecule has 0 aliphatic carbocycles. The molecule has 1 aromatic rings. The third-order valence-electron chi connectivity index (χ3n) is 4.51. The molecule has 1 aliphatic rings. The Morgan fingerprint density at radius 1 is 1.11 bits per heavy atom. The second-order valence-electron chi connectivity index (χ2n) is 6.55. The van der Waals surface area contributed by atoms with Gasteiger partial charge in [0.2, 0.25) is 0 Å². The summed E-state index contributed by atoms with van der Waals surface area (Å²) in [7, 11) is 5.19. The van der Waals surface area contributed by atoms with Crippen molar-refractivity contribution in [2.24, 2.45) is 10.9 Å². The summed E-state index contributed by atoms with van der Waals surface area (Å²) in [6, 6.07) is 8.11. The summed E-state index contributed by atoms with van der Waals surface area (Å²) >= 11 is 0. The summed E-state index contributed by atoms with van der Waals surface area (Å²) in [5, 5.41) is 3.45. The van der Waals surface area contributed by atoms with E-state index in [0.717, 1.165) is 44.4 Å². The van der Waals surface area contributed by atoms with Gasteiger partial charge in [-0.3, -0.25) is 4.99 Å². The van der Waals surface area contributed by atoms with Crippen LogP contribution in [0.4, 0.5) is 0 Å². The van der Waals surface area contributed by atoms with Crippen molar-refractivity contribution >= 4 is 5.96 Å². The monoisotopic (exact) mass is 379 g/mol. The molecule has 7 nitrogen and oxygen atoms in total. The first-order chi connectivity index (χ1) is 13.3. The zero-order valence-corrected chi connectivity index (χ0v) is 16.8. The maximum Gasteiger partial charge on any atom is 0.193 e. The third kappa shape index (κ3) is 7.74. The number of hydrogen-bond donors (Lipinski definition) is 1. The molecule has 0 aromatic heterocycles. The van der Waals surface area contributed by atoms with Crippen molar-refractivity contribution in [3.8, 4) is 5.75 Å². The highest BCUT2D eigenvalue weighted by Gasteiger charge is 2.24. The zero-order valence-electron chi connectivity index (χ0n) is 16.8. The first-order valence-electron chi connectivity index (χ1n) is 9.49. The molecule has 0 amide bonds. The van der Waals surface area contributed by atoms with Gasteiger partial charge in [0.25, 0.3) is 0 Å². The number of rotatable bonds is 11. The predicted octanol–water partition coefficient (Wildman–Crippen LogP) is 1.77. The van der Waals surface area contributed by atoms with Gasteiger partial charge in [0.05, 0.1) is 26.4 Å². The van der Waals surface area contributed by atoms with E-state index in [9.17, 15) is 0 Å². The Hall–Kier alpha value is -1.83. The van der Waals surface area contributed by atoms with Crippen molar-refractivity contribution in [1.82, 2.24) is 10.2 Å². The van der Waals surface area contributed by atoms with Gasteiger partial charge in [-0.05, 0) is 24.1 Å². The fraction of sp³-hybridized carbons (Fsp3) is 0.650. The fourth-order valence-electron chi connectivity index (χ4n) is 3.01. The minimum absolute atomic E-state index is 0.545. The van der Waals surface area contributed by atoms with Gasteiger partial charge in [0, 0.05) is 46.8 Å². The van der Waals surface area contributed by atoms with Gasteiger partial charge in [-0.1, -0.05) is 12.1 Å². The lowest BCUT2D eigenvalue weighted by atomic mass is 10.1. The molecule has 0 spiro atoms. The molecular weight excluding hydrogens is 346 g/mol. The van der Waals surface area contributed by atoms with Crippen LogP contribution in [0.2, 0.25) is 0 Å². The van der Waals surface area contributed by atoms with Crippen LogP contribution >= 0.6 is 0 Å². The van der Waals surface area contributed by atoms with Crippen molar-refractivity contribution in [2.75, 3.05) is 67.4 Å². The van der Waals surface area contributed by atoms with Crippen LogP contribution in [0.1, 0.15) is 12.0 Å².